The predicted octanol–water partition coefficient (Wildman–Crippen LogP) is 3.30. The molecule has 1 nitrogen and oxygen atoms in total. The van der Waals surface area contributed by atoms with Gasteiger partial charge in [0.2, 0.25) is 0 Å². The molecule has 0 aromatic rings. The summed E-state index contributed by atoms with van der Waals surface area (Å²) in [6.45, 7) is 0.775. The maximum absolute atomic E-state index is 6.20. The summed E-state index contributed by atoms with van der Waals surface area (Å²) in [5.41, 5.74) is 5.41. The number of rotatable bonds is 4. The number of alkyl halides is 1. The highest BCUT2D eigenvalue weighted by molar-refractivity contribution is 8.77. The van der Waals surface area contributed by atoms with Crippen molar-refractivity contribution in [3.63, 3.8) is 0 Å². The maximum Gasteiger partial charge on any atom is 0.0463 e. The van der Waals surface area contributed by atoms with E-state index in [1.54, 1.807) is 0 Å². The monoisotopic (exact) mass is 261 g/mol. The summed E-state index contributed by atoms with van der Waals surface area (Å²) in [5, 5.41) is 1.06. The molecule has 0 amide bonds. The lowest BCUT2D eigenvalue weighted by atomic mass is 10.00. The van der Waals surface area contributed by atoms with E-state index in [1.165, 1.54) is 25.7 Å². The van der Waals surface area contributed by atoms with Crippen LogP contribution < -0.4 is 5.73 Å². The van der Waals surface area contributed by atoms with Crippen LogP contribution >= 0.6 is 45.6 Å². The van der Waals surface area contributed by atoms with Gasteiger partial charge in [0.15, 0.2) is 0 Å². The standard InChI is InChI=1S/C8H16ClNS2.ClH/c9-7-3-1-2-4-8(7)12-11-6-5-10;/h7-8H,1-6,10H2;1H/t7-,8-;/m1./s1. The molecule has 0 saturated heterocycles. The van der Waals surface area contributed by atoms with Crippen molar-refractivity contribution in [2.24, 2.45) is 5.73 Å². The second kappa shape index (κ2) is 8.54. The molecule has 0 unspecified atom stereocenters. The summed E-state index contributed by atoms with van der Waals surface area (Å²) < 4.78 is 0. The van der Waals surface area contributed by atoms with E-state index in [2.05, 4.69) is 0 Å². The maximum atomic E-state index is 6.20. The lowest BCUT2D eigenvalue weighted by Gasteiger charge is -2.25. The fraction of sp³-hybridized carbons (Fsp3) is 1.00. The van der Waals surface area contributed by atoms with Gasteiger partial charge in [0, 0.05) is 22.9 Å². The molecule has 1 rings (SSSR count). The summed E-state index contributed by atoms with van der Waals surface area (Å²) in [6.07, 6.45) is 5.15. The van der Waals surface area contributed by atoms with E-state index < -0.39 is 0 Å². The van der Waals surface area contributed by atoms with E-state index in [0.717, 1.165) is 12.3 Å². The Morgan fingerprint density at radius 2 is 2.00 bits per heavy atom. The average Bonchev–Trinajstić information content (AvgIpc) is 2.09. The number of hydrogen-bond acceptors (Lipinski definition) is 3. The molecule has 0 spiro atoms. The topological polar surface area (TPSA) is 26.0 Å². The molecule has 0 heterocycles. The Bertz CT molecular complexity index is 127. The first-order chi connectivity index (χ1) is 5.84. The van der Waals surface area contributed by atoms with Crippen LogP contribution in [0.25, 0.3) is 0 Å². The minimum Gasteiger partial charge on any atom is -0.330 e. The quantitative estimate of drug-likeness (QED) is 0.478. The lowest BCUT2D eigenvalue weighted by molar-refractivity contribution is 0.524. The van der Waals surface area contributed by atoms with Crippen molar-refractivity contribution in [2.75, 3.05) is 12.3 Å². The zero-order valence-electron chi connectivity index (χ0n) is 7.58. The van der Waals surface area contributed by atoms with Crippen molar-refractivity contribution in [1.29, 1.82) is 0 Å². The largest absolute Gasteiger partial charge is 0.330 e. The first-order valence-electron chi connectivity index (χ1n) is 4.47. The molecule has 1 aliphatic carbocycles. The number of halogens is 2. The molecule has 13 heavy (non-hydrogen) atoms. The molecule has 2 N–H and O–H groups in total. The molecule has 1 saturated carbocycles. The molecule has 1 aliphatic rings. The van der Waals surface area contributed by atoms with Crippen LogP contribution in [-0.2, 0) is 0 Å². The van der Waals surface area contributed by atoms with Gasteiger partial charge in [-0.3, -0.25) is 0 Å². The zero-order chi connectivity index (χ0) is 8.81. The first kappa shape index (κ1) is 14.2. The van der Waals surface area contributed by atoms with Crippen LogP contribution in [0.15, 0.2) is 0 Å². The summed E-state index contributed by atoms with van der Waals surface area (Å²) in [5.74, 6) is 1.05. The Hall–Kier alpha value is 1.24. The molecule has 5 heteroatoms. The normalized spacial score (nSPS) is 28.2. The fourth-order valence-electron chi connectivity index (χ4n) is 1.34. The van der Waals surface area contributed by atoms with E-state index >= 15 is 0 Å². The Morgan fingerprint density at radius 3 is 2.62 bits per heavy atom. The van der Waals surface area contributed by atoms with Crippen LogP contribution in [0.1, 0.15) is 25.7 Å². The minimum atomic E-state index is 0. The van der Waals surface area contributed by atoms with Crippen molar-refractivity contribution in [3.05, 3.63) is 0 Å². The third-order valence-electron chi connectivity index (χ3n) is 2.01. The van der Waals surface area contributed by atoms with Gasteiger partial charge < -0.3 is 5.73 Å². The van der Waals surface area contributed by atoms with Crippen molar-refractivity contribution in [3.8, 4) is 0 Å². The van der Waals surface area contributed by atoms with Gasteiger partial charge in [-0.05, 0) is 12.8 Å². The van der Waals surface area contributed by atoms with Crippen molar-refractivity contribution in [1.82, 2.24) is 0 Å². The van der Waals surface area contributed by atoms with E-state index in [1.807, 2.05) is 21.6 Å². The molecule has 0 aromatic heterocycles. The Kier molecular flexibility index (Phi) is 9.36. The molecular formula is C8H17Cl2NS2. The van der Waals surface area contributed by atoms with Gasteiger partial charge in [-0.15, -0.1) is 24.0 Å². The third kappa shape index (κ3) is 5.63. The average molecular weight is 262 g/mol. The van der Waals surface area contributed by atoms with Crippen LogP contribution in [-0.4, -0.2) is 22.9 Å². The number of hydrogen-bond donors (Lipinski definition) is 1. The molecule has 0 aromatic carbocycles. The molecule has 0 radical (unpaired) electrons. The lowest BCUT2D eigenvalue weighted by Crippen LogP contribution is -2.21. The zero-order valence-corrected chi connectivity index (χ0v) is 10.8. The first-order valence-corrected chi connectivity index (χ1v) is 7.29. The predicted molar refractivity (Wildman–Crippen MR) is 68.2 cm³/mol. The van der Waals surface area contributed by atoms with Crippen molar-refractivity contribution < 1.29 is 0 Å². The smallest absolute Gasteiger partial charge is 0.0463 e. The van der Waals surface area contributed by atoms with E-state index in [4.69, 9.17) is 17.3 Å². The number of nitrogens with two attached hydrogens (primary N) is 1. The summed E-state index contributed by atoms with van der Waals surface area (Å²) >= 11 is 6.20. The Morgan fingerprint density at radius 1 is 1.31 bits per heavy atom. The van der Waals surface area contributed by atoms with Gasteiger partial charge in [-0.2, -0.15) is 0 Å². The molecule has 2 atom stereocenters. The van der Waals surface area contributed by atoms with Crippen LogP contribution in [0.3, 0.4) is 0 Å². The van der Waals surface area contributed by atoms with Gasteiger partial charge in [-0.25, -0.2) is 0 Å². The highest BCUT2D eigenvalue weighted by Crippen LogP contribution is 2.38. The van der Waals surface area contributed by atoms with Crippen molar-refractivity contribution >= 4 is 45.6 Å². The molecule has 0 aliphatic heterocycles. The van der Waals surface area contributed by atoms with Gasteiger partial charge in [0.05, 0.1) is 0 Å². The highest BCUT2D eigenvalue weighted by atomic mass is 35.5. The van der Waals surface area contributed by atoms with Crippen LogP contribution in [0.2, 0.25) is 0 Å². The second-order valence-electron chi connectivity index (χ2n) is 3.05. The Labute approximate surface area is 99.7 Å². The minimum absolute atomic E-state index is 0. The summed E-state index contributed by atoms with van der Waals surface area (Å²) in [4.78, 5) is 0. The van der Waals surface area contributed by atoms with E-state index in [-0.39, 0.29) is 12.4 Å². The van der Waals surface area contributed by atoms with Gasteiger partial charge in [0.1, 0.15) is 0 Å². The van der Waals surface area contributed by atoms with Crippen LogP contribution in [0.5, 0.6) is 0 Å². The highest BCUT2D eigenvalue weighted by Gasteiger charge is 2.23. The van der Waals surface area contributed by atoms with Crippen LogP contribution in [0, 0.1) is 0 Å². The molecular weight excluding hydrogens is 245 g/mol. The molecule has 0 bridgehead atoms. The van der Waals surface area contributed by atoms with Crippen molar-refractivity contribution in [2.45, 2.75) is 36.3 Å². The van der Waals surface area contributed by atoms with Gasteiger partial charge in [0.25, 0.3) is 0 Å². The SMILES string of the molecule is Cl.NCCSS[C@@H]1CCCC[C@H]1Cl. The fourth-order valence-corrected chi connectivity index (χ4v) is 4.64. The molecule has 1 fully saturated rings. The second-order valence-corrected chi connectivity index (χ2v) is 6.33. The molecule has 80 valence electrons. The van der Waals surface area contributed by atoms with E-state index in [0.29, 0.717) is 10.6 Å². The van der Waals surface area contributed by atoms with Gasteiger partial charge in [-0.1, -0.05) is 34.4 Å². The summed E-state index contributed by atoms with van der Waals surface area (Å²) in [7, 11) is 3.81. The Balaban J connectivity index is 0.00000144. The van der Waals surface area contributed by atoms with E-state index in [9.17, 15) is 0 Å². The van der Waals surface area contributed by atoms with Crippen LogP contribution in [0.4, 0.5) is 0 Å². The summed E-state index contributed by atoms with van der Waals surface area (Å²) in [6, 6.07) is 0. The third-order valence-corrected chi connectivity index (χ3v) is 5.69. The van der Waals surface area contributed by atoms with Gasteiger partial charge >= 0.3 is 0 Å².